The molecule has 2 atom stereocenters. The van der Waals surface area contributed by atoms with E-state index >= 15 is 0 Å². The second kappa shape index (κ2) is 12.7. The van der Waals surface area contributed by atoms with E-state index in [0.29, 0.717) is 6.54 Å². The van der Waals surface area contributed by atoms with Crippen molar-refractivity contribution in [3.63, 3.8) is 0 Å². The topological polar surface area (TPSA) is 71.3 Å². The Kier molecular flexibility index (Phi) is 10.3. The molecule has 0 aliphatic carbocycles. The number of aliphatic imine (C=N–C) groups is 1. The van der Waals surface area contributed by atoms with Crippen LogP contribution in [0, 0.1) is 0 Å². The quantitative estimate of drug-likeness (QED) is 0.294. The summed E-state index contributed by atoms with van der Waals surface area (Å²) in [5, 5.41) is 6.78. The summed E-state index contributed by atoms with van der Waals surface area (Å²) in [5.41, 5.74) is 0. The lowest BCUT2D eigenvalue weighted by atomic mass is 10.2. The fourth-order valence-electron chi connectivity index (χ4n) is 3.53. The molecule has 3 rings (SSSR count). The number of furan rings is 1. The minimum Gasteiger partial charge on any atom is -0.497 e. The lowest BCUT2D eigenvalue weighted by molar-refractivity contribution is 0.213. The minimum absolute atomic E-state index is 0. The van der Waals surface area contributed by atoms with E-state index in [2.05, 4.69) is 20.5 Å². The summed E-state index contributed by atoms with van der Waals surface area (Å²) in [7, 11) is 3.43. The van der Waals surface area contributed by atoms with E-state index in [1.807, 2.05) is 43.3 Å². The highest BCUT2D eigenvalue weighted by Gasteiger charge is 2.25. The largest absolute Gasteiger partial charge is 0.497 e. The average molecular weight is 528 g/mol. The van der Waals surface area contributed by atoms with Crippen LogP contribution in [-0.4, -0.2) is 57.3 Å². The van der Waals surface area contributed by atoms with Gasteiger partial charge in [0.2, 0.25) is 0 Å². The summed E-state index contributed by atoms with van der Waals surface area (Å²) < 4.78 is 16.8. The van der Waals surface area contributed by atoms with Crippen LogP contribution < -0.4 is 20.1 Å². The Hall–Kier alpha value is -1.94. The predicted octanol–water partition coefficient (Wildman–Crippen LogP) is 3.68. The fraction of sp³-hybridized carbons (Fsp3) is 0.500. The smallest absolute Gasteiger partial charge is 0.191 e. The fourth-order valence-corrected chi connectivity index (χ4v) is 3.53. The Morgan fingerprint density at radius 1 is 1.10 bits per heavy atom. The number of halogens is 1. The molecule has 166 valence electrons. The number of nitrogens with one attached hydrogen (secondary N) is 2. The number of hydrogen-bond donors (Lipinski definition) is 2. The van der Waals surface area contributed by atoms with Crippen LogP contribution in [-0.2, 0) is 0 Å². The Morgan fingerprint density at radius 3 is 2.37 bits per heavy atom. The molecule has 1 aromatic carbocycles. The van der Waals surface area contributed by atoms with E-state index in [9.17, 15) is 0 Å². The Balaban J connectivity index is 0.00000320. The lowest BCUT2D eigenvalue weighted by Gasteiger charge is -2.27. The Morgan fingerprint density at radius 2 is 1.77 bits per heavy atom. The van der Waals surface area contributed by atoms with Crippen molar-refractivity contribution in [3.05, 3.63) is 48.4 Å². The maximum atomic E-state index is 5.95. The van der Waals surface area contributed by atoms with E-state index in [0.717, 1.165) is 42.9 Å². The van der Waals surface area contributed by atoms with Crippen LogP contribution in [0.3, 0.4) is 0 Å². The maximum absolute atomic E-state index is 5.95. The van der Waals surface area contributed by atoms with Crippen LogP contribution in [0.5, 0.6) is 11.5 Å². The molecule has 0 amide bonds. The molecule has 8 heteroatoms. The molecular weight excluding hydrogens is 495 g/mol. The third-order valence-electron chi connectivity index (χ3n) is 5.09. The van der Waals surface area contributed by atoms with Gasteiger partial charge in [0.1, 0.15) is 23.4 Å². The average Bonchev–Trinajstić information content (AvgIpc) is 3.46. The van der Waals surface area contributed by atoms with E-state index < -0.39 is 0 Å². The number of hydrogen-bond acceptors (Lipinski definition) is 5. The van der Waals surface area contributed by atoms with Crippen molar-refractivity contribution in [3.8, 4) is 11.5 Å². The van der Waals surface area contributed by atoms with Crippen molar-refractivity contribution < 1.29 is 13.9 Å². The summed E-state index contributed by atoms with van der Waals surface area (Å²) in [6, 6.07) is 11.8. The van der Waals surface area contributed by atoms with E-state index in [1.54, 1.807) is 20.4 Å². The standard InChI is InChI=1S/C22H32N4O3.HI/c1-17(29-19-10-8-18(27-3)9-11-19)15-24-22(23-2)25-16-20(21-7-6-14-28-21)26-12-4-5-13-26;/h6-11,14,17,20H,4-5,12-13,15-16H2,1-3H3,(H2,23,24,25);1H. The molecule has 0 radical (unpaired) electrons. The number of methoxy groups -OCH3 is 1. The Bertz CT molecular complexity index is 746. The van der Waals surface area contributed by atoms with Gasteiger partial charge in [0.15, 0.2) is 5.96 Å². The highest BCUT2D eigenvalue weighted by molar-refractivity contribution is 14.0. The maximum Gasteiger partial charge on any atom is 0.191 e. The molecule has 0 saturated carbocycles. The summed E-state index contributed by atoms with van der Waals surface area (Å²) in [4.78, 5) is 6.81. The van der Waals surface area contributed by atoms with Gasteiger partial charge >= 0.3 is 0 Å². The van der Waals surface area contributed by atoms with Gasteiger partial charge in [0, 0.05) is 13.6 Å². The number of benzene rings is 1. The third-order valence-corrected chi connectivity index (χ3v) is 5.09. The number of rotatable bonds is 9. The molecule has 0 spiro atoms. The molecule has 2 aromatic rings. The number of nitrogens with zero attached hydrogens (tertiary/aromatic N) is 2. The molecule has 1 aliphatic heterocycles. The van der Waals surface area contributed by atoms with Crippen LogP contribution in [0.1, 0.15) is 31.6 Å². The summed E-state index contributed by atoms with van der Waals surface area (Å²) in [6.45, 7) is 5.61. The van der Waals surface area contributed by atoms with Crippen LogP contribution in [0.25, 0.3) is 0 Å². The van der Waals surface area contributed by atoms with Gasteiger partial charge in [-0.05, 0) is 69.3 Å². The lowest BCUT2D eigenvalue weighted by Crippen LogP contribution is -2.45. The van der Waals surface area contributed by atoms with Crippen molar-refractivity contribution in [1.29, 1.82) is 0 Å². The SMILES string of the molecule is CN=C(NCC(C)Oc1ccc(OC)cc1)NCC(c1ccco1)N1CCCC1.I. The van der Waals surface area contributed by atoms with Gasteiger partial charge in [-0.15, -0.1) is 24.0 Å². The number of guanidine groups is 1. The van der Waals surface area contributed by atoms with E-state index in [-0.39, 0.29) is 36.1 Å². The zero-order valence-electron chi connectivity index (χ0n) is 18.0. The molecule has 2 N–H and O–H groups in total. The summed E-state index contributed by atoms with van der Waals surface area (Å²) >= 11 is 0. The van der Waals surface area contributed by atoms with Gasteiger partial charge in [-0.25, -0.2) is 0 Å². The molecular formula is C22H33IN4O3. The molecule has 1 aliphatic rings. The third kappa shape index (κ3) is 7.09. The first-order valence-corrected chi connectivity index (χ1v) is 10.2. The number of ether oxygens (including phenoxy) is 2. The van der Waals surface area contributed by atoms with E-state index in [1.165, 1.54) is 12.8 Å². The second-order valence-corrected chi connectivity index (χ2v) is 7.21. The van der Waals surface area contributed by atoms with Crippen molar-refractivity contribution in [1.82, 2.24) is 15.5 Å². The first-order valence-electron chi connectivity index (χ1n) is 10.2. The molecule has 7 nitrogen and oxygen atoms in total. The predicted molar refractivity (Wildman–Crippen MR) is 130 cm³/mol. The van der Waals surface area contributed by atoms with Crippen molar-refractivity contribution >= 4 is 29.9 Å². The van der Waals surface area contributed by atoms with Crippen LogP contribution in [0.2, 0.25) is 0 Å². The molecule has 2 heterocycles. The van der Waals surface area contributed by atoms with Crippen molar-refractivity contribution in [2.75, 3.05) is 40.3 Å². The minimum atomic E-state index is -0.0126. The van der Waals surface area contributed by atoms with Crippen molar-refractivity contribution in [2.24, 2.45) is 4.99 Å². The molecule has 2 unspecified atom stereocenters. The van der Waals surface area contributed by atoms with Gasteiger partial charge in [-0.3, -0.25) is 9.89 Å². The summed E-state index contributed by atoms with van der Waals surface area (Å²) in [5.74, 6) is 3.38. The highest BCUT2D eigenvalue weighted by Crippen LogP contribution is 2.24. The molecule has 1 fully saturated rings. The zero-order valence-corrected chi connectivity index (χ0v) is 20.3. The summed E-state index contributed by atoms with van der Waals surface area (Å²) in [6.07, 6.45) is 4.21. The molecule has 1 aromatic heterocycles. The number of likely N-dealkylation sites (tertiary alicyclic amines) is 1. The highest BCUT2D eigenvalue weighted by atomic mass is 127. The molecule has 30 heavy (non-hydrogen) atoms. The van der Waals surface area contributed by atoms with Crippen LogP contribution in [0.15, 0.2) is 52.1 Å². The van der Waals surface area contributed by atoms with Gasteiger partial charge in [-0.1, -0.05) is 0 Å². The monoisotopic (exact) mass is 528 g/mol. The first-order chi connectivity index (χ1) is 14.2. The molecule has 0 bridgehead atoms. The van der Waals surface area contributed by atoms with E-state index in [4.69, 9.17) is 13.9 Å². The van der Waals surface area contributed by atoms with Crippen LogP contribution in [0.4, 0.5) is 0 Å². The normalized spacial score (nSPS) is 16.4. The Labute approximate surface area is 196 Å². The van der Waals surface area contributed by atoms with Crippen molar-refractivity contribution in [2.45, 2.75) is 31.9 Å². The van der Waals surface area contributed by atoms with Gasteiger partial charge in [0.25, 0.3) is 0 Å². The van der Waals surface area contributed by atoms with Crippen LogP contribution >= 0.6 is 24.0 Å². The second-order valence-electron chi connectivity index (χ2n) is 7.21. The zero-order chi connectivity index (χ0) is 20.5. The van der Waals surface area contributed by atoms with Gasteiger partial charge in [0.05, 0.1) is 26.0 Å². The van der Waals surface area contributed by atoms with Gasteiger partial charge < -0.3 is 24.5 Å². The van der Waals surface area contributed by atoms with Gasteiger partial charge in [-0.2, -0.15) is 0 Å². The molecule has 1 saturated heterocycles. The first kappa shape index (κ1) is 24.3.